The summed E-state index contributed by atoms with van der Waals surface area (Å²) in [5.74, 6) is -1.78. The number of nitrogens with two attached hydrogens (primary N) is 2. The zero-order valence-corrected chi connectivity index (χ0v) is 10.8. The van der Waals surface area contributed by atoms with Crippen molar-refractivity contribution in [1.82, 2.24) is 9.78 Å². The van der Waals surface area contributed by atoms with Gasteiger partial charge in [-0.05, 0) is 0 Å². The van der Waals surface area contributed by atoms with Crippen molar-refractivity contribution in [3.05, 3.63) is 6.20 Å². The highest BCUT2D eigenvalue weighted by Gasteiger charge is 2.55. The number of hydrogen-bond donors (Lipinski definition) is 5. The Morgan fingerprint density at radius 1 is 1.53 bits per heavy atom. The maximum Gasteiger partial charge on any atom is 0.298 e. The van der Waals surface area contributed by atoms with Crippen molar-refractivity contribution in [3.63, 3.8) is 0 Å². The second-order valence-electron chi connectivity index (χ2n) is 4.73. The Kier molecular flexibility index (Phi) is 3.41. The molecule has 1 fully saturated rings. The Hall–Kier alpha value is -1.39. The zero-order valence-electron chi connectivity index (χ0n) is 10.8. The number of nitrogens with zero attached hydrogens (tertiary/aromatic N) is 3. The lowest BCUT2D eigenvalue weighted by molar-refractivity contribution is -0.291. The highest BCUT2D eigenvalue weighted by Crippen LogP contribution is 2.34. The van der Waals surface area contributed by atoms with Crippen LogP contribution in [0, 0.1) is 0 Å². The Morgan fingerprint density at radius 2 is 2.16 bits per heavy atom. The monoisotopic (exact) mass is 273 g/mol. The molecular weight excluding hydrogens is 254 g/mol. The molecule has 108 valence electrons. The molecule has 1 aliphatic heterocycles. The first-order chi connectivity index (χ1) is 8.81. The Bertz CT molecular complexity index is 465. The van der Waals surface area contributed by atoms with Gasteiger partial charge in [0.2, 0.25) is 0 Å². The van der Waals surface area contributed by atoms with Crippen LogP contribution in [0.15, 0.2) is 6.20 Å². The van der Waals surface area contributed by atoms with Crippen molar-refractivity contribution in [1.29, 1.82) is 0 Å². The summed E-state index contributed by atoms with van der Waals surface area (Å²) in [6.07, 6.45) is -2.43. The second-order valence-corrected chi connectivity index (χ2v) is 4.73. The highest BCUT2D eigenvalue weighted by atomic mass is 16.7. The molecule has 1 aliphatic rings. The van der Waals surface area contributed by atoms with E-state index >= 15 is 0 Å². The Balaban J connectivity index is 2.38. The average Bonchev–Trinajstić information content (AvgIpc) is 2.85. The summed E-state index contributed by atoms with van der Waals surface area (Å²) >= 11 is 0. The molecule has 19 heavy (non-hydrogen) atoms. The number of aromatic nitrogens is 2. The number of anilines is 2. The third kappa shape index (κ3) is 2.05. The van der Waals surface area contributed by atoms with Crippen molar-refractivity contribution in [3.8, 4) is 0 Å². The largest absolute Gasteiger partial charge is 0.394 e. The smallest absolute Gasteiger partial charge is 0.298 e. The lowest BCUT2D eigenvalue weighted by atomic mass is 10.1. The second kappa shape index (κ2) is 4.62. The fourth-order valence-corrected chi connectivity index (χ4v) is 2.05. The highest BCUT2D eigenvalue weighted by molar-refractivity contribution is 5.60. The Morgan fingerprint density at radius 3 is 2.58 bits per heavy atom. The normalized spacial score (nSPS) is 34.7. The van der Waals surface area contributed by atoms with Gasteiger partial charge in [-0.3, -0.25) is 0 Å². The molecule has 2 heterocycles. The van der Waals surface area contributed by atoms with Crippen LogP contribution in [0.25, 0.3) is 0 Å². The van der Waals surface area contributed by atoms with Crippen LogP contribution in [0.3, 0.4) is 0 Å². The van der Waals surface area contributed by atoms with Crippen LogP contribution in [0.1, 0.15) is 0 Å². The summed E-state index contributed by atoms with van der Waals surface area (Å²) in [5.41, 5.74) is 11.5. The van der Waals surface area contributed by atoms with E-state index in [1.54, 1.807) is 19.0 Å². The SMILES string of the molecule is CN(C)c1nn([C@]2(O)O[C@H](CN)[C@@H](O)[C@H]2O)cc1N. The van der Waals surface area contributed by atoms with Gasteiger partial charge in [-0.25, -0.2) is 4.68 Å². The molecule has 1 aromatic rings. The van der Waals surface area contributed by atoms with Crippen molar-refractivity contribution < 1.29 is 20.1 Å². The third-order valence-electron chi connectivity index (χ3n) is 3.12. The van der Waals surface area contributed by atoms with Crippen LogP contribution in [0.2, 0.25) is 0 Å². The first kappa shape index (κ1) is 14.0. The molecular formula is C10H19N5O4. The van der Waals surface area contributed by atoms with Crippen LogP contribution in [0.4, 0.5) is 11.5 Å². The molecule has 9 heteroatoms. The molecule has 0 spiro atoms. The lowest BCUT2D eigenvalue weighted by Gasteiger charge is -2.25. The summed E-state index contributed by atoms with van der Waals surface area (Å²) < 4.78 is 6.20. The molecule has 1 saturated heterocycles. The molecule has 1 aromatic heterocycles. The first-order valence-corrected chi connectivity index (χ1v) is 5.80. The van der Waals surface area contributed by atoms with Gasteiger partial charge in [0.1, 0.15) is 12.2 Å². The van der Waals surface area contributed by atoms with E-state index in [-0.39, 0.29) is 6.54 Å². The molecule has 7 N–H and O–H groups in total. The van der Waals surface area contributed by atoms with E-state index in [1.165, 1.54) is 6.20 Å². The van der Waals surface area contributed by atoms with E-state index < -0.39 is 24.2 Å². The number of hydrogen-bond acceptors (Lipinski definition) is 8. The van der Waals surface area contributed by atoms with E-state index in [2.05, 4.69) is 5.10 Å². The van der Waals surface area contributed by atoms with Gasteiger partial charge in [0, 0.05) is 20.6 Å². The van der Waals surface area contributed by atoms with Crippen LogP contribution >= 0.6 is 0 Å². The number of aliphatic hydroxyl groups excluding tert-OH is 2. The average molecular weight is 273 g/mol. The Labute approximate surface area is 110 Å². The summed E-state index contributed by atoms with van der Waals surface area (Å²) in [6, 6.07) is 0. The van der Waals surface area contributed by atoms with Crippen LogP contribution in [-0.2, 0) is 10.6 Å². The predicted octanol–water partition coefficient (Wildman–Crippen LogP) is -2.79. The molecule has 0 amide bonds. The fourth-order valence-electron chi connectivity index (χ4n) is 2.05. The van der Waals surface area contributed by atoms with Crippen molar-refractivity contribution in [2.24, 2.45) is 5.73 Å². The van der Waals surface area contributed by atoms with Crippen LogP contribution < -0.4 is 16.4 Å². The van der Waals surface area contributed by atoms with Gasteiger partial charge in [-0.15, -0.1) is 5.10 Å². The molecule has 0 radical (unpaired) electrons. The molecule has 0 saturated carbocycles. The summed E-state index contributed by atoms with van der Waals surface area (Å²) in [7, 11) is 3.47. The summed E-state index contributed by atoms with van der Waals surface area (Å²) in [4.78, 5) is 1.65. The van der Waals surface area contributed by atoms with Gasteiger partial charge in [0.15, 0.2) is 11.9 Å². The van der Waals surface area contributed by atoms with Gasteiger partial charge < -0.3 is 36.4 Å². The van der Waals surface area contributed by atoms with Crippen LogP contribution in [0.5, 0.6) is 0 Å². The van der Waals surface area contributed by atoms with Gasteiger partial charge >= 0.3 is 0 Å². The minimum Gasteiger partial charge on any atom is -0.394 e. The van der Waals surface area contributed by atoms with E-state index in [9.17, 15) is 15.3 Å². The van der Waals surface area contributed by atoms with Crippen molar-refractivity contribution in [2.75, 3.05) is 31.3 Å². The maximum absolute atomic E-state index is 10.4. The summed E-state index contributed by atoms with van der Waals surface area (Å²) in [5, 5.41) is 34.1. The fraction of sp³-hybridized carbons (Fsp3) is 0.700. The van der Waals surface area contributed by atoms with Crippen molar-refractivity contribution >= 4 is 11.5 Å². The quantitative estimate of drug-likeness (QED) is 0.398. The van der Waals surface area contributed by atoms with E-state index in [0.717, 1.165) is 4.68 Å². The van der Waals surface area contributed by atoms with Gasteiger partial charge in [-0.1, -0.05) is 0 Å². The third-order valence-corrected chi connectivity index (χ3v) is 3.12. The number of rotatable bonds is 3. The molecule has 2 rings (SSSR count). The molecule has 0 bridgehead atoms. The molecule has 0 aromatic carbocycles. The maximum atomic E-state index is 10.4. The van der Waals surface area contributed by atoms with E-state index in [1.807, 2.05) is 0 Å². The minimum absolute atomic E-state index is 0.0438. The molecule has 9 nitrogen and oxygen atoms in total. The number of aliphatic hydroxyl groups is 3. The number of ether oxygens (including phenoxy) is 1. The van der Waals surface area contributed by atoms with Crippen LogP contribution in [-0.4, -0.2) is 64.1 Å². The van der Waals surface area contributed by atoms with Crippen molar-refractivity contribution in [2.45, 2.75) is 24.2 Å². The van der Waals surface area contributed by atoms with E-state index in [4.69, 9.17) is 16.2 Å². The number of nitrogen functional groups attached to an aromatic ring is 1. The minimum atomic E-state index is -2.19. The zero-order chi connectivity index (χ0) is 14.4. The molecule has 0 unspecified atom stereocenters. The predicted molar refractivity (Wildman–Crippen MR) is 67.1 cm³/mol. The summed E-state index contributed by atoms with van der Waals surface area (Å²) in [6.45, 7) is -0.0438. The molecule has 4 atom stereocenters. The van der Waals surface area contributed by atoms with Gasteiger partial charge in [0.25, 0.3) is 5.91 Å². The standard InChI is InChI=1S/C10H19N5O4/c1-14(2)9-5(12)4-15(13-9)10(18)8(17)7(16)6(3-11)19-10/h4,6-8,16-18H,3,11-12H2,1-2H3/t6-,7-,8-,10-/m1/s1. The first-order valence-electron chi connectivity index (χ1n) is 5.80. The topological polar surface area (TPSA) is 143 Å². The van der Waals surface area contributed by atoms with E-state index in [0.29, 0.717) is 11.5 Å². The van der Waals surface area contributed by atoms with Gasteiger partial charge in [0.05, 0.1) is 11.9 Å². The van der Waals surface area contributed by atoms with Gasteiger partial charge in [-0.2, -0.15) is 0 Å². The molecule has 0 aliphatic carbocycles. The lowest BCUT2D eigenvalue weighted by Crippen LogP contribution is -2.46.